The van der Waals surface area contributed by atoms with Crippen LogP contribution >= 0.6 is 34.8 Å². The summed E-state index contributed by atoms with van der Waals surface area (Å²) in [5, 5.41) is 11.2. The average molecular weight is 334 g/mol. The Hall–Kier alpha value is -0.800. The third-order valence-electron chi connectivity index (χ3n) is 2.99. The lowest BCUT2D eigenvalue weighted by Gasteiger charge is -2.14. The summed E-state index contributed by atoms with van der Waals surface area (Å²) in [7, 11) is 0. The standard InChI is InChI=1S/C15H12Cl3FO/c16-12-4-2-6-14(19)11(12)8-10(20)7-9-3-1-5-13(17)15(9)18/h1-6,10,20H,7-8H2. The predicted molar refractivity (Wildman–Crippen MR) is 81.3 cm³/mol. The predicted octanol–water partition coefficient (Wildman–Crippen LogP) is 4.93. The molecule has 2 aromatic rings. The number of halogens is 4. The van der Waals surface area contributed by atoms with Crippen LogP contribution in [0.3, 0.4) is 0 Å². The summed E-state index contributed by atoms with van der Waals surface area (Å²) in [5.74, 6) is -0.422. The highest BCUT2D eigenvalue weighted by Crippen LogP contribution is 2.27. The molecule has 0 heterocycles. The highest BCUT2D eigenvalue weighted by molar-refractivity contribution is 6.42. The van der Waals surface area contributed by atoms with Gasteiger partial charge in [0.15, 0.2) is 0 Å². The van der Waals surface area contributed by atoms with Crippen LogP contribution in [0.15, 0.2) is 36.4 Å². The van der Waals surface area contributed by atoms with Gasteiger partial charge in [-0.25, -0.2) is 4.39 Å². The van der Waals surface area contributed by atoms with Crippen LogP contribution in [0.5, 0.6) is 0 Å². The van der Waals surface area contributed by atoms with E-state index in [-0.39, 0.29) is 12.8 Å². The second-order valence-corrected chi connectivity index (χ2v) is 5.67. The molecule has 106 valence electrons. The molecule has 0 saturated heterocycles. The lowest BCUT2D eigenvalue weighted by atomic mass is 10.0. The van der Waals surface area contributed by atoms with Gasteiger partial charge in [-0.05, 0) is 23.8 Å². The fraction of sp³-hybridized carbons (Fsp3) is 0.200. The first kappa shape index (κ1) is 15.6. The van der Waals surface area contributed by atoms with Crippen LogP contribution in [0.4, 0.5) is 4.39 Å². The van der Waals surface area contributed by atoms with Crippen LogP contribution in [0.25, 0.3) is 0 Å². The molecule has 1 nitrogen and oxygen atoms in total. The quantitative estimate of drug-likeness (QED) is 0.841. The largest absolute Gasteiger partial charge is 0.392 e. The minimum atomic E-state index is -0.791. The Morgan fingerprint density at radius 2 is 1.60 bits per heavy atom. The Labute approximate surface area is 131 Å². The van der Waals surface area contributed by atoms with Gasteiger partial charge in [-0.3, -0.25) is 0 Å². The third kappa shape index (κ3) is 3.64. The van der Waals surface area contributed by atoms with Crippen LogP contribution in [-0.2, 0) is 12.8 Å². The van der Waals surface area contributed by atoms with E-state index >= 15 is 0 Å². The lowest BCUT2D eigenvalue weighted by molar-refractivity contribution is 0.174. The SMILES string of the molecule is OC(Cc1cccc(Cl)c1Cl)Cc1c(F)cccc1Cl. The van der Waals surface area contributed by atoms with Crippen molar-refractivity contribution in [3.63, 3.8) is 0 Å². The molecule has 1 atom stereocenters. The Balaban J connectivity index is 2.13. The van der Waals surface area contributed by atoms with Crippen molar-refractivity contribution in [1.29, 1.82) is 0 Å². The monoisotopic (exact) mass is 332 g/mol. The van der Waals surface area contributed by atoms with E-state index in [2.05, 4.69) is 0 Å². The maximum absolute atomic E-state index is 13.7. The summed E-state index contributed by atoms with van der Waals surface area (Å²) in [4.78, 5) is 0. The third-order valence-corrected chi connectivity index (χ3v) is 4.20. The van der Waals surface area contributed by atoms with Gasteiger partial charge >= 0.3 is 0 Å². The van der Waals surface area contributed by atoms with Crippen molar-refractivity contribution in [3.05, 3.63) is 68.4 Å². The number of benzene rings is 2. The average Bonchev–Trinajstić information content (AvgIpc) is 2.39. The van der Waals surface area contributed by atoms with E-state index in [4.69, 9.17) is 34.8 Å². The van der Waals surface area contributed by atoms with E-state index in [9.17, 15) is 9.50 Å². The molecule has 0 aliphatic rings. The zero-order chi connectivity index (χ0) is 14.7. The van der Waals surface area contributed by atoms with Gasteiger partial charge in [0.2, 0.25) is 0 Å². The molecule has 0 saturated carbocycles. The summed E-state index contributed by atoms with van der Waals surface area (Å²) in [6.07, 6.45) is -0.390. The molecule has 2 aromatic carbocycles. The molecule has 0 fully saturated rings. The fourth-order valence-electron chi connectivity index (χ4n) is 2.00. The van der Waals surface area contributed by atoms with Crippen molar-refractivity contribution in [2.24, 2.45) is 0 Å². The van der Waals surface area contributed by atoms with E-state index in [1.165, 1.54) is 12.1 Å². The van der Waals surface area contributed by atoms with E-state index in [0.29, 0.717) is 20.6 Å². The molecule has 20 heavy (non-hydrogen) atoms. The number of aliphatic hydroxyl groups excluding tert-OH is 1. The van der Waals surface area contributed by atoms with Gasteiger partial charge in [0.25, 0.3) is 0 Å². The topological polar surface area (TPSA) is 20.2 Å². The van der Waals surface area contributed by atoms with E-state index in [0.717, 1.165) is 5.56 Å². The Morgan fingerprint density at radius 1 is 0.950 bits per heavy atom. The van der Waals surface area contributed by atoms with Gasteiger partial charge < -0.3 is 5.11 Å². The van der Waals surface area contributed by atoms with Gasteiger partial charge in [0.05, 0.1) is 16.1 Å². The highest BCUT2D eigenvalue weighted by atomic mass is 35.5. The zero-order valence-corrected chi connectivity index (χ0v) is 12.7. The van der Waals surface area contributed by atoms with Gasteiger partial charge in [-0.2, -0.15) is 0 Å². The molecule has 0 spiro atoms. The fourth-order valence-corrected chi connectivity index (χ4v) is 2.63. The van der Waals surface area contributed by atoms with Crippen LogP contribution in [0.1, 0.15) is 11.1 Å². The second kappa shape index (κ2) is 6.77. The van der Waals surface area contributed by atoms with Crippen LogP contribution in [0, 0.1) is 5.82 Å². The molecule has 0 aliphatic carbocycles. The molecule has 2 rings (SSSR count). The van der Waals surface area contributed by atoms with Gasteiger partial charge in [0, 0.05) is 23.4 Å². The van der Waals surface area contributed by atoms with Gasteiger partial charge in [0.1, 0.15) is 5.82 Å². The first-order valence-corrected chi connectivity index (χ1v) is 7.16. The highest BCUT2D eigenvalue weighted by Gasteiger charge is 2.15. The van der Waals surface area contributed by atoms with Crippen molar-refractivity contribution in [2.75, 3.05) is 0 Å². The van der Waals surface area contributed by atoms with E-state index < -0.39 is 11.9 Å². The summed E-state index contributed by atoms with van der Waals surface area (Å²) in [6, 6.07) is 9.65. The van der Waals surface area contributed by atoms with Crippen LogP contribution in [-0.4, -0.2) is 11.2 Å². The van der Waals surface area contributed by atoms with Crippen LogP contribution < -0.4 is 0 Å². The number of rotatable bonds is 4. The first-order chi connectivity index (χ1) is 9.49. The van der Waals surface area contributed by atoms with Crippen molar-refractivity contribution < 1.29 is 9.50 Å². The van der Waals surface area contributed by atoms with Crippen LogP contribution in [0.2, 0.25) is 15.1 Å². The van der Waals surface area contributed by atoms with E-state index in [1.807, 2.05) is 0 Å². The summed E-state index contributed by atoms with van der Waals surface area (Å²) in [5.41, 5.74) is 1.03. The molecule has 0 aromatic heterocycles. The number of hydrogen-bond donors (Lipinski definition) is 1. The number of hydrogen-bond acceptors (Lipinski definition) is 1. The Kier molecular flexibility index (Phi) is 5.28. The Morgan fingerprint density at radius 3 is 2.30 bits per heavy atom. The first-order valence-electron chi connectivity index (χ1n) is 6.03. The normalized spacial score (nSPS) is 12.4. The minimum Gasteiger partial charge on any atom is -0.392 e. The molecule has 0 radical (unpaired) electrons. The Bertz CT molecular complexity index is 596. The molecule has 1 unspecified atom stereocenters. The summed E-state index contributed by atoms with van der Waals surface area (Å²) >= 11 is 17.9. The molecule has 1 N–H and O–H groups in total. The van der Waals surface area contributed by atoms with Gasteiger partial charge in [-0.15, -0.1) is 0 Å². The zero-order valence-electron chi connectivity index (χ0n) is 10.4. The molecule has 5 heteroatoms. The van der Waals surface area contributed by atoms with Crippen molar-refractivity contribution in [2.45, 2.75) is 18.9 Å². The lowest BCUT2D eigenvalue weighted by Crippen LogP contribution is -2.15. The molecular weight excluding hydrogens is 322 g/mol. The van der Waals surface area contributed by atoms with Crippen molar-refractivity contribution >= 4 is 34.8 Å². The maximum atomic E-state index is 13.7. The number of aliphatic hydroxyl groups is 1. The minimum absolute atomic E-state index is 0.119. The summed E-state index contributed by atoms with van der Waals surface area (Å²) in [6.45, 7) is 0. The van der Waals surface area contributed by atoms with Crippen molar-refractivity contribution in [3.8, 4) is 0 Å². The maximum Gasteiger partial charge on any atom is 0.127 e. The van der Waals surface area contributed by atoms with Crippen molar-refractivity contribution in [1.82, 2.24) is 0 Å². The second-order valence-electron chi connectivity index (χ2n) is 4.48. The molecular formula is C15H12Cl3FO. The van der Waals surface area contributed by atoms with E-state index in [1.54, 1.807) is 24.3 Å². The van der Waals surface area contributed by atoms with Gasteiger partial charge in [-0.1, -0.05) is 53.0 Å². The smallest absolute Gasteiger partial charge is 0.127 e. The molecule has 0 bridgehead atoms. The molecule has 0 aliphatic heterocycles. The summed E-state index contributed by atoms with van der Waals surface area (Å²) < 4.78 is 13.7. The molecule has 0 amide bonds.